The van der Waals surface area contributed by atoms with Gasteiger partial charge in [0.15, 0.2) is 11.6 Å². The standard InChI is InChI=1S/C16H26FN3O/c1-3-4-5-6-9-18-15-14(17)11-20(16(21)19-15)13-8-7-12(2)10-13/h11-13H,3-10H2,1-2H3,(H,18,19,21). The number of halogens is 1. The molecule has 0 radical (unpaired) electrons. The van der Waals surface area contributed by atoms with Crippen LogP contribution < -0.4 is 11.0 Å². The predicted octanol–water partition coefficient (Wildman–Crippen LogP) is 3.74. The molecule has 1 heterocycles. The molecule has 2 atom stereocenters. The van der Waals surface area contributed by atoms with Crippen LogP contribution in [0.1, 0.15) is 64.8 Å². The first-order chi connectivity index (χ1) is 10.1. The maximum atomic E-state index is 14.1. The van der Waals surface area contributed by atoms with Crippen LogP contribution in [-0.4, -0.2) is 16.1 Å². The summed E-state index contributed by atoms with van der Waals surface area (Å²) in [5.41, 5.74) is -0.341. The fourth-order valence-corrected chi connectivity index (χ4v) is 3.02. The summed E-state index contributed by atoms with van der Waals surface area (Å²) in [6.45, 7) is 4.98. The molecule has 0 spiro atoms. The molecule has 2 rings (SSSR count). The Kier molecular flexibility index (Phi) is 5.76. The highest BCUT2D eigenvalue weighted by atomic mass is 19.1. The lowest BCUT2D eigenvalue weighted by molar-refractivity contribution is 0.456. The van der Waals surface area contributed by atoms with Crippen LogP contribution in [0.15, 0.2) is 11.0 Å². The average molecular weight is 295 g/mol. The van der Waals surface area contributed by atoms with Gasteiger partial charge in [0.25, 0.3) is 0 Å². The van der Waals surface area contributed by atoms with Crippen molar-refractivity contribution in [3.05, 3.63) is 22.5 Å². The first-order valence-corrected chi connectivity index (χ1v) is 8.14. The number of hydrogen-bond acceptors (Lipinski definition) is 3. The minimum absolute atomic E-state index is 0.0961. The van der Waals surface area contributed by atoms with Gasteiger partial charge in [-0.15, -0.1) is 0 Å². The van der Waals surface area contributed by atoms with E-state index in [1.54, 1.807) is 0 Å². The van der Waals surface area contributed by atoms with E-state index in [4.69, 9.17) is 0 Å². The zero-order valence-corrected chi connectivity index (χ0v) is 13.1. The minimum atomic E-state index is -0.426. The molecule has 0 amide bonds. The SMILES string of the molecule is CCCCCCNc1nc(=O)n(C2CCC(C)C2)cc1F. The Hall–Kier alpha value is -1.39. The molecule has 1 N–H and O–H groups in total. The van der Waals surface area contributed by atoms with Crippen LogP contribution in [0.4, 0.5) is 10.2 Å². The molecule has 1 aromatic rings. The maximum Gasteiger partial charge on any atom is 0.349 e. The second-order valence-electron chi connectivity index (χ2n) is 6.19. The average Bonchev–Trinajstić information content (AvgIpc) is 2.88. The van der Waals surface area contributed by atoms with Crippen molar-refractivity contribution in [2.24, 2.45) is 5.92 Å². The van der Waals surface area contributed by atoms with Crippen molar-refractivity contribution >= 4 is 5.82 Å². The van der Waals surface area contributed by atoms with Crippen LogP contribution in [-0.2, 0) is 0 Å². The van der Waals surface area contributed by atoms with E-state index in [1.807, 2.05) is 0 Å². The molecule has 118 valence electrons. The number of aromatic nitrogens is 2. The lowest BCUT2D eigenvalue weighted by Crippen LogP contribution is -2.27. The van der Waals surface area contributed by atoms with Gasteiger partial charge in [-0.1, -0.05) is 33.1 Å². The second kappa shape index (κ2) is 7.57. The monoisotopic (exact) mass is 295 g/mol. The van der Waals surface area contributed by atoms with E-state index in [0.717, 1.165) is 32.1 Å². The highest BCUT2D eigenvalue weighted by Gasteiger charge is 2.24. The third-order valence-corrected chi connectivity index (χ3v) is 4.29. The van der Waals surface area contributed by atoms with Crippen LogP contribution in [0.5, 0.6) is 0 Å². The topological polar surface area (TPSA) is 46.9 Å². The molecular weight excluding hydrogens is 269 g/mol. The van der Waals surface area contributed by atoms with Crippen LogP contribution >= 0.6 is 0 Å². The van der Waals surface area contributed by atoms with Crippen molar-refractivity contribution in [1.82, 2.24) is 9.55 Å². The van der Waals surface area contributed by atoms with Crippen molar-refractivity contribution in [1.29, 1.82) is 0 Å². The van der Waals surface area contributed by atoms with Gasteiger partial charge in [0.05, 0.1) is 0 Å². The molecule has 5 heteroatoms. The minimum Gasteiger partial charge on any atom is -0.367 e. The Balaban J connectivity index is 1.98. The van der Waals surface area contributed by atoms with Crippen molar-refractivity contribution in [2.45, 2.75) is 64.8 Å². The van der Waals surface area contributed by atoms with Crippen LogP contribution in [0.2, 0.25) is 0 Å². The van der Waals surface area contributed by atoms with E-state index in [1.165, 1.54) is 23.6 Å². The Morgan fingerprint density at radius 2 is 2.19 bits per heavy atom. The Morgan fingerprint density at radius 1 is 1.38 bits per heavy atom. The molecule has 1 aromatic heterocycles. The number of rotatable bonds is 7. The molecule has 0 aliphatic heterocycles. The lowest BCUT2D eigenvalue weighted by atomic mass is 10.1. The number of unbranched alkanes of at least 4 members (excludes halogenated alkanes) is 3. The van der Waals surface area contributed by atoms with E-state index in [2.05, 4.69) is 24.1 Å². The first-order valence-electron chi connectivity index (χ1n) is 8.14. The van der Waals surface area contributed by atoms with Gasteiger partial charge in [0.2, 0.25) is 0 Å². The maximum absolute atomic E-state index is 14.1. The summed E-state index contributed by atoms with van der Waals surface area (Å²) in [5, 5.41) is 2.94. The fourth-order valence-electron chi connectivity index (χ4n) is 3.02. The molecule has 1 fully saturated rings. The fraction of sp³-hybridized carbons (Fsp3) is 0.750. The molecule has 0 saturated heterocycles. The van der Waals surface area contributed by atoms with Gasteiger partial charge < -0.3 is 5.32 Å². The van der Waals surface area contributed by atoms with Gasteiger partial charge in [-0.3, -0.25) is 4.57 Å². The molecular formula is C16H26FN3O. The summed E-state index contributed by atoms with van der Waals surface area (Å²) in [4.78, 5) is 15.9. The summed E-state index contributed by atoms with van der Waals surface area (Å²) >= 11 is 0. The van der Waals surface area contributed by atoms with Gasteiger partial charge >= 0.3 is 5.69 Å². The van der Waals surface area contributed by atoms with Gasteiger partial charge in [-0.2, -0.15) is 4.98 Å². The highest BCUT2D eigenvalue weighted by Crippen LogP contribution is 2.33. The number of hydrogen-bond donors (Lipinski definition) is 1. The lowest BCUT2D eigenvalue weighted by Gasteiger charge is -2.14. The summed E-state index contributed by atoms with van der Waals surface area (Å²) in [7, 11) is 0. The van der Waals surface area contributed by atoms with E-state index in [9.17, 15) is 9.18 Å². The molecule has 1 aliphatic rings. The van der Waals surface area contributed by atoms with Gasteiger partial charge in [0, 0.05) is 18.8 Å². The highest BCUT2D eigenvalue weighted by molar-refractivity contribution is 5.34. The summed E-state index contributed by atoms with van der Waals surface area (Å²) in [6, 6.07) is 0.105. The molecule has 2 unspecified atom stereocenters. The van der Waals surface area contributed by atoms with Crippen molar-refractivity contribution < 1.29 is 4.39 Å². The van der Waals surface area contributed by atoms with Gasteiger partial charge in [-0.25, -0.2) is 9.18 Å². The largest absolute Gasteiger partial charge is 0.367 e. The number of anilines is 1. The zero-order chi connectivity index (χ0) is 15.2. The summed E-state index contributed by atoms with van der Waals surface area (Å²) < 4.78 is 15.5. The van der Waals surface area contributed by atoms with E-state index >= 15 is 0 Å². The molecule has 0 bridgehead atoms. The van der Waals surface area contributed by atoms with Crippen LogP contribution in [0.25, 0.3) is 0 Å². The third-order valence-electron chi connectivity index (χ3n) is 4.29. The van der Waals surface area contributed by atoms with Crippen LogP contribution in [0, 0.1) is 11.7 Å². The van der Waals surface area contributed by atoms with E-state index in [0.29, 0.717) is 12.5 Å². The summed E-state index contributed by atoms with van der Waals surface area (Å²) in [5.74, 6) is 0.268. The molecule has 4 nitrogen and oxygen atoms in total. The normalized spacial score (nSPS) is 21.7. The van der Waals surface area contributed by atoms with Crippen molar-refractivity contribution in [3.8, 4) is 0 Å². The second-order valence-corrected chi connectivity index (χ2v) is 6.19. The zero-order valence-electron chi connectivity index (χ0n) is 13.1. The molecule has 1 aliphatic carbocycles. The molecule has 1 saturated carbocycles. The number of nitrogens with zero attached hydrogens (tertiary/aromatic N) is 2. The van der Waals surface area contributed by atoms with E-state index < -0.39 is 5.82 Å². The first kappa shape index (κ1) is 16.0. The van der Waals surface area contributed by atoms with Crippen LogP contribution in [0.3, 0.4) is 0 Å². The quantitative estimate of drug-likeness (QED) is 0.780. The molecule has 0 aromatic carbocycles. The Labute approximate surface area is 125 Å². The number of nitrogens with one attached hydrogen (secondary N) is 1. The van der Waals surface area contributed by atoms with E-state index in [-0.39, 0.29) is 17.5 Å². The van der Waals surface area contributed by atoms with Gasteiger partial charge in [-0.05, 0) is 31.6 Å². The van der Waals surface area contributed by atoms with Crippen molar-refractivity contribution in [2.75, 3.05) is 11.9 Å². The third kappa shape index (κ3) is 4.29. The smallest absolute Gasteiger partial charge is 0.349 e. The Morgan fingerprint density at radius 3 is 2.86 bits per heavy atom. The summed E-state index contributed by atoms with van der Waals surface area (Å²) in [6.07, 6.45) is 8.72. The molecule has 21 heavy (non-hydrogen) atoms. The Bertz CT molecular complexity index is 515. The van der Waals surface area contributed by atoms with Gasteiger partial charge in [0.1, 0.15) is 0 Å². The predicted molar refractivity (Wildman–Crippen MR) is 83.1 cm³/mol. The van der Waals surface area contributed by atoms with Crippen molar-refractivity contribution in [3.63, 3.8) is 0 Å².